The number of hydrogen-bond donors (Lipinski definition) is 0. The second-order valence-electron chi connectivity index (χ2n) is 6.10. The smallest absolute Gasteiger partial charge is 0.410 e. The van der Waals surface area contributed by atoms with E-state index in [-0.39, 0.29) is 12.1 Å². The number of benzene rings is 2. The Kier molecular flexibility index (Phi) is 5.51. The molecule has 6 heteroatoms. The van der Waals surface area contributed by atoms with Crippen LogP contribution in [0.1, 0.15) is 11.1 Å². The molecule has 0 aromatic heterocycles. The van der Waals surface area contributed by atoms with Crippen LogP contribution in [0.5, 0.6) is 17.2 Å². The monoisotopic (exact) mass is 357 g/mol. The summed E-state index contributed by atoms with van der Waals surface area (Å²) in [5.74, 6) is 2.15. The Hall–Kier alpha value is -2.89. The molecule has 0 bridgehead atoms. The summed E-state index contributed by atoms with van der Waals surface area (Å²) in [6.07, 6.45) is 0.397. The van der Waals surface area contributed by atoms with E-state index in [2.05, 4.69) is 0 Å². The maximum Gasteiger partial charge on any atom is 0.410 e. The first-order valence-corrected chi connectivity index (χ1v) is 8.42. The van der Waals surface area contributed by atoms with Crippen LogP contribution in [0.4, 0.5) is 4.79 Å². The predicted octanol–water partition coefficient (Wildman–Crippen LogP) is 3.28. The molecule has 0 aliphatic carbocycles. The van der Waals surface area contributed by atoms with Crippen LogP contribution in [0, 0.1) is 0 Å². The highest BCUT2D eigenvalue weighted by atomic mass is 16.6. The van der Waals surface area contributed by atoms with E-state index in [1.807, 2.05) is 42.5 Å². The van der Waals surface area contributed by atoms with Crippen LogP contribution in [0.2, 0.25) is 0 Å². The molecule has 6 nitrogen and oxygen atoms in total. The van der Waals surface area contributed by atoms with Crippen molar-refractivity contribution in [3.05, 3.63) is 53.6 Å². The maximum atomic E-state index is 12.2. The number of hydrogen-bond acceptors (Lipinski definition) is 5. The Labute approximate surface area is 153 Å². The molecule has 1 amide bonds. The number of nitrogens with zero attached hydrogens (tertiary/aromatic N) is 1. The van der Waals surface area contributed by atoms with E-state index in [1.54, 1.807) is 26.2 Å². The summed E-state index contributed by atoms with van der Waals surface area (Å²) in [4.78, 5) is 13.9. The zero-order valence-electron chi connectivity index (χ0n) is 15.2. The van der Waals surface area contributed by atoms with Crippen molar-refractivity contribution < 1.29 is 23.7 Å². The van der Waals surface area contributed by atoms with Crippen molar-refractivity contribution in [2.75, 3.05) is 27.9 Å². The molecule has 0 spiro atoms. The maximum absolute atomic E-state index is 12.2. The first-order chi connectivity index (χ1) is 12.6. The minimum Gasteiger partial charge on any atom is -0.497 e. The van der Waals surface area contributed by atoms with Crippen LogP contribution in [-0.4, -0.2) is 45.0 Å². The highest BCUT2D eigenvalue weighted by molar-refractivity contribution is 5.70. The van der Waals surface area contributed by atoms with Gasteiger partial charge >= 0.3 is 6.09 Å². The van der Waals surface area contributed by atoms with Gasteiger partial charge in [-0.05, 0) is 41.8 Å². The number of methoxy groups -OCH3 is 3. The van der Waals surface area contributed by atoms with Crippen molar-refractivity contribution in [2.24, 2.45) is 0 Å². The first kappa shape index (κ1) is 17.9. The molecule has 1 atom stereocenters. The van der Waals surface area contributed by atoms with Gasteiger partial charge in [0.05, 0.1) is 27.4 Å². The lowest BCUT2D eigenvalue weighted by Crippen LogP contribution is -2.34. The van der Waals surface area contributed by atoms with E-state index in [4.69, 9.17) is 18.9 Å². The molecule has 1 heterocycles. The lowest BCUT2D eigenvalue weighted by atomic mass is 10.0. The second kappa shape index (κ2) is 7.99. The van der Waals surface area contributed by atoms with Gasteiger partial charge in [-0.15, -0.1) is 0 Å². The van der Waals surface area contributed by atoms with Crippen molar-refractivity contribution >= 4 is 6.09 Å². The number of rotatable bonds is 7. The summed E-state index contributed by atoms with van der Waals surface area (Å²) >= 11 is 0. The molecule has 1 aliphatic rings. The Bertz CT molecular complexity index is 759. The summed E-state index contributed by atoms with van der Waals surface area (Å²) in [6.45, 7) is 0.879. The zero-order chi connectivity index (χ0) is 18.5. The third-order valence-electron chi connectivity index (χ3n) is 4.51. The average molecular weight is 357 g/mol. The molecule has 1 aliphatic heterocycles. The van der Waals surface area contributed by atoms with Crippen LogP contribution in [0.3, 0.4) is 0 Å². The number of ether oxygens (including phenoxy) is 4. The molecule has 1 fully saturated rings. The fraction of sp³-hybridized carbons (Fsp3) is 0.350. The molecule has 138 valence electrons. The van der Waals surface area contributed by atoms with Crippen LogP contribution in [0.25, 0.3) is 0 Å². The third kappa shape index (κ3) is 3.85. The Balaban J connectivity index is 1.73. The van der Waals surface area contributed by atoms with E-state index in [0.717, 1.165) is 16.9 Å². The Morgan fingerprint density at radius 1 is 0.962 bits per heavy atom. The lowest BCUT2D eigenvalue weighted by molar-refractivity contribution is 0.156. The highest BCUT2D eigenvalue weighted by Crippen LogP contribution is 2.29. The second-order valence-corrected chi connectivity index (χ2v) is 6.10. The standard InChI is InChI=1S/C20H23NO5/c1-23-17-7-4-14(5-8-17)12-21-16(13-26-20(21)22)10-15-6-9-18(24-2)19(11-15)25-3/h4-9,11,16H,10,12-13H2,1-3H3. The van der Waals surface area contributed by atoms with Gasteiger partial charge in [-0.25, -0.2) is 4.79 Å². The van der Waals surface area contributed by atoms with Gasteiger partial charge < -0.3 is 18.9 Å². The Morgan fingerprint density at radius 3 is 2.31 bits per heavy atom. The molecule has 1 saturated heterocycles. The van der Waals surface area contributed by atoms with Gasteiger partial charge in [-0.3, -0.25) is 4.90 Å². The van der Waals surface area contributed by atoms with Crippen molar-refractivity contribution in [3.63, 3.8) is 0 Å². The van der Waals surface area contributed by atoms with Gasteiger partial charge in [0.25, 0.3) is 0 Å². The SMILES string of the molecule is COc1ccc(CN2C(=O)OCC2Cc2ccc(OC)c(OC)c2)cc1. The van der Waals surface area contributed by atoms with Crippen LogP contribution < -0.4 is 14.2 Å². The number of carbonyl (C=O) groups is 1. The quantitative estimate of drug-likeness (QED) is 0.761. The largest absolute Gasteiger partial charge is 0.497 e. The molecular formula is C20H23NO5. The van der Waals surface area contributed by atoms with Gasteiger partial charge in [0.1, 0.15) is 12.4 Å². The molecule has 2 aromatic rings. The van der Waals surface area contributed by atoms with Crippen molar-refractivity contribution in [1.29, 1.82) is 0 Å². The molecule has 0 N–H and O–H groups in total. The van der Waals surface area contributed by atoms with Crippen molar-refractivity contribution in [1.82, 2.24) is 4.90 Å². The molecule has 1 unspecified atom stereocenters. The Morgan fingerprint density at radius 2 is 1.65 bits per heavy atom. The normalized spacial score (nSPS) is 16.3. The van der Waals surface area contributed by atoms with E-state index in [9.17, 15) is 4.79 Å². The molecule has 3 rings (SSSR count). The summed E-state index contributed by atoms with van der Waals surface area (Å²) in [7, 11) is 4.85. The summed E-state index contributed by atoms with van der Waals surface area (Å²) in [5, 5.41) is 0. The molecule has 0 saturated carbocycles. The predicted molar refractivity (Wildman–Crippen MR) is 96.9 cm³/mol. The molecule has 26 heavy (non-hydrogen) atoms. The molecule has 0 radical (unpaired) electrons. The molecule has 2 aromatic carbocycles. The van der Waals surface area contributed by atoms with Crippen LogP contribution in [0.15, 0.2) is 42.5 Å². The zero-order valence-corrected chi connectivity index (χ0v) is 15.2. The minimum atomic E-state index is -0.286. The fourth-order valence-corrected chi connectivity index (χ4v) is 3.06. The van der Waals surface area contributed by atoms with Gasteiger partial charge in [-0.2, -0.15) is 0 Å². The highest BCUT2D eigenvalue weighted by Gasteiger charge is 2.33. The van der Waals surface area contributed by atoms with Crippen LogP contribution in [-0.2, 0) is 17.7 Å². The summed E-state index contributed by atoms with van der Waals surface area (Å²) in [5.41, 5.74) is 2.09. The summed E-state index contributed by atoms with van der Waals surface area (Å²) < 4.78 is 21.1. The lowest BCUT2D eigenvalue weighted by Gasteiger charge is -2.22. The van der Waals surface area contributed by atoms with Crippen molar-refractivity contribution in [2.45, 2.75) is 19.0 Å². The van der Waals surface area contributed by atoms with E-state index in [1.165, 1.54) is 0 Å². The molecular weight excluding hydrogens is 334 g/mol. The number of cyclic esters (lactones) is 1. The minimum absolute atomic E-state index is 0.0253. The number of carbonyl (C=O) groups excluding carboxylic acids is 1. The van der Waals surface area contributed by atoms with Crippen LogP contribution >= 0.6 is 0 Å². The van der Waals surface area contributed by atoms with E-state index in [0.29, 0.717) is 31.1 Å². The number of amides is 1. The topological polar surface area (TPSA) is 57.2 Å². The van der Waals surface area contributed by atoms with E-state index >= 15 is 0 Å². The van der Waals surface area contributed by atoms with Gasteiger partial charge in [-0.1, -0.05) is 18.2 Å². The average Bonchev–Trinajstić information content (AvgIpc) is 3.02. The van der Waals surface area contributed by atoms with Gasteiger partial charge in [0, 0.05) is 6.54 Å². The van der Waals surface area contributed by atoms with E-state index < -0.39 is 0 Å². The fourth-order valence-electron chi connectivity index (χ4n) is 3.06. The third-order valence-corrected chi connectivity index (χ3v) is 4.51. The van der Waals surface area contributed by atoms with Crippen molar-refractivity contribution in [3.8, 4) is 17.2 Å². The first-order valence-electron chi connectivity index (χ1n) is 8.42. The van der Waals surface area contributed by atoms with Gasteiger partial charge in [0.15, 0.2) is 11.5 Å². The van der Waals surface area contributed by atoms with Gasteiger partial charge in [0.2, 0.25) is 0 Å². The summed E-state index contributed by atoms with van der Waals surface area (Å²) in [6, 6.07) is 13.5.